The third kappa shape index (κ3) is 5.54. The van der Waals surface area contributed by atoms with Gasteiger partial charge in [0.1, 0.15) is 5.75 Å². The molecule has 3 N–H and O–H groups in total. The Labute approximate surface area is 182 Å². The number of carbonyl (C=O) groups is 2. The lowest BCUT2D eigenvalue weighted by Gasteiger charge is -2.08. The standard InChI is InChI=1S/C22H20IN3O3/c1-14-12-16(23)7-8-19(14)25-21(28)10-11-22(29)26-24-13-18-17-5-3-2-4-15(17)6-9-20(18)27/h2-9,12-13,27H,10-11H2,1H3,(H,25,28)(H,26,29)/b24-13+. The molecule has 3 aromatic rings. The van der Waals surface area contributed by atoms with E-state index >= 15 is 0 Å². The number of rotatable bonds is 6. The van der Waals surface area contributed by atoms with E-state index in [-0.39, 0.29) is 30.4 Å². The molecule has 6 nitrogen and oxygen atoms in total. The van der Waals surface area contributed by atoms with Crippen molar-refractivity contribution in [2.75, 3.05) is 5.32 Å². The Morgan fingerprint density at radius 2 is 1.83 bits per heavy atom. The van der Waals surface area contributed by atoms with E-state index < -0.39 is 0 Å². The zero-order valence-corrected chi connectivity index (χ0v) is 17.9. The van der Waals surface area contributed by atoms with Crippen LogP contribution in [0.5, 0.6) is 5.75 Å². The van der Waals surface area contributed by atoms with E-state index in [1.54, 1.807) is 6.07 Å². The molecule has 0 atom stereocenters. The van der Waals surface area contributed by atoms with E-state index in [9.17, 15) is 14.7 Å². The van der Waals surface area contributed by atoms with Crippen LogP contribution in [-0.4, -0.2) is 23.1 Å². The number of hydrogen-bond donors (Lipinski definition) is 3. The number of benzene rings is 3. The van der Waals surface area contributed by atoms with Gasteiger partial charge in [-0.25, -0.2) is 5.43 Å². The molecule has 0 saturated heterocycles. The van der Waals surface area contributed by atoms with Gasteiger partial charge in [-0.3, -0.25) is 9.59 Å². The van der Waals surface area contributed by atoms with E-state index in [2.05, 4.69) is 38.4 Å². The maximum atomic E-state index is 12.1. The minimum absolute atomic E-state index is 0.00804. The van der Waals surface area contributed by atoms with Gasteiger partial charge in [0, 0.05) is 27.7 Å². The quantitative estimate of drug-likeness (QED) is 0.267. The highest BCUT2D eigenvalue weighted by Gasteiger charge is 2.09. The number of nitrogens with zero attached hydrogens (tertiary/aromatic N) is 1. The monoisotopic (exact) mass is 501 g/mol. The molecule has 0 unspecified atom stereocenters. The van der Waals surface area contributed by atoms with Crippen LogP contribution in [0, 0.1) is 10.5 Å². The summed E-state index contributed by atoms with van der Waals surface area (Å²) in [5, 5.41) is 18.6. The Morgan fingerprint density at radius 3 is 2.62 bits per heavy atom. The number of amides is 2. The van der Waals surface area contributed by atoms with Crippen molar-refractivity contribution in [3.8, 4) is 5.75 Å². The second-order valence-electron chi connectivity index (χ2n) is 6.52. The first-order valence-corrected chi connectivity index (χ1v) is 10.1. The Kier molecular flexibility index (Phi) is 6.82. The molecular formula is C22H20IN3O3. The Balaban J connectivity index is 1.54. The van der Waals surface area contributed by atoms with E-state index in [0.717, 1.165) is 25.6 Å². The Bertz CT molecular complexity index is 1100. The number of phenolic OH excluding ortho intramolecular Hbond substituents is 1. The van der Waals surface area contributed by atoms with Gasteiger partial charge >= 0.3 is 0 Å². The minimum atomic E-state index is -0.379. The summed E-state index contributed by atoms with van der Waals surface area (Å²) in [7, 11) is 0. The van der Waals surface area contributed by atoms with Crippen molar-refractivity contribution in [1.82, 2.24) is 5.43 Å². The topological polar surface area (TPSA) is 90.8 Å². The molecule has 29 heavy (non-hydrogen) atoms. The largest absolute Gasteiger partial charge is 0.507 e. The molecule has 0 aromatic heterocycles. The van der Waals surface area contributed by atoms with Gasteiger partial charge in [0.15, 0.2) is 0 Å². The van der Waals surface area contributed by atoms with Gasteiger partial charge in [0.05, 0.1) is 6.21 Å². The first-order valence-electron chi connectivity index (χ1n) is 9.02. The third-order valence-corrected chi connectivity index (χ3v) is 5.04. The van der Waals surface area contributed by atoms with Crippen LogP contribution in [0.25, 0.3) is 10.8 Å². The molecule has 0 aliphatic rings. The van der Waals surface area contributed by atoms with E-state index in [0.29, 0.717) is 5.56 Å². The fraction of sp³-hybridized carbons (Fsp3) is 0.136. The van der Waals surface area contributed by atoms with Crippen molar-refractivity contribution >= 4 is 57.1 Å². The normalized spacial score (nSPS) is 11.0. The lowest BCUT2D eigenvalue weighted by molar-refractivity contribution is -0.124. The lowest BCUT2D eigenvalue weighted by atomic mass is 10.0. The maximum Gasteiger partial charge on any atom is 0.240 e. The number of hydrogen-bond acceptors (Lipinski definition) is 4. The van der Waals surface area contributed by atoms with Gasteiger partial charge in [-0.2, -0.15) is 5.10 Å². The number of anilines is 1. The van der Waals surface area contributed by atoms with Crippen LogP contribution in [0.1, 0.15) is 24.0 Å². The highest BCUT2D eigenvalue weighted by atomic mass is 127. The molecule has 0 radical (unpaired) electrons. The molecular weight excluding hydrogens is 481 g/mol. The molecule has 0 spiro atoms. The highest BCUT2D eigenvalue weighted by molar-refractivity contribution is 14.1. The van der Waals surface area contributed by atoms with Gasteiger partial charge < -0.3 is 10.4 Å². The van der Waals surface area contributed by atoms with Gasteiger partial charge in [0.25, 0.3) is 0 Å². The number of aryl methyl sites for hydroxylation is 1. The van der Waals surface area contributed by atoms with Crippen LogP contribution >= 0.6 is 22.6 Å². The second kappa shape index (κ2) is 9.51. The van der Waals surface area contributed by atoms with Crippen LogP contribution in [-0.2, 0) is 9.59 Å². The third-order valence-electron chi connectivity index (χ3n) is 4.37. The SMILES string of the molecule is Cc1cc(I)ccc1NC(=O)CCC(=O)N/N=C/c1c(O)ccc2ccccc12. The van der Waals surface area contributed by atoms with Crippen LogP contribution < -0.4 is 10.7 Å². The molecule has 0 heterocycles. The summed E-state index contributed by atoms with van der Waals surface area (Å²) < 4.78 is 1.09. The lowest BCUT2D eigenvalue weighted by Crippen LogP contribution is -2.21. The Hall–Kier alpha value is -2.94. The molecule has 3 rings (SSSR count). The molecule has 2 amide bonds. The Morgan fingerprint density at radius 1 is 1.07 bits per heavy atom. The van der Waals surface area contributed by atoms with E-state index in [4.69, 9.17) is 0 Å². The number of hydrazone groups is 1. The predicted molar refractivity (Wildman–Crippen MR) is 123 cm³/mol. The van der Waals surface area contributed by atoms with Crippen molar-refractivity contribution in [2.24, 2.45) is 5.10 Å². The summed E-state index contributed by atoms with van der Waals surface area (Å²) in [6.45, 7) is 1.92. The predicted octanol–water partition coefficient (Wildman–Crippen LogP) is 4.33. The number of carbonyl (C=O) groups excluding carboxylic acids is 2. The fourth-order valence-electron chi connectivity index (χ4n) is 2.85. The summed E-state index contributed by atoms with van der Waals surface area (Å²) in [6, 6.07) is 16.7. The minimum Gasteiger partial charge on any atom is -0.507 e. The van der Waals surface area contributed by atoms with Gasteiger partial charge in [-0.15, -0.1) is 0 Å². The summed E-state index contributed by atoms with van der Waals surface area (Å²) in [4.78, 5) is 24.1. The van der Waals surface area contributed by atoms with Gasteiger partial charge in [-0.1, -0.05) is 30.3 Å². The number of aromatic hydroxyl groups is 1. The van der Waals surface area contributed by atoms with Crippen molar-refractivity contribution in [2.45, 2.75) is 19.8 Å². The van der Waals surface area contributed by atoms with E-state index in [1.807, 2.05) is 55.5 Å². The molecule has 148 valence electrons. The van der Waals surface area contributed by atoms with Crippen LogP contribution in [0.4, 0.5) is 5.69 Å². The van der Waals surface area contributed by atoms with Crippen LogP contribution in [0.15, 0.2) is 59.7 Å². The highest BCUT2D eigenvalue weighted by Crippen LogP contribution is 2.25. The van der Waals surface area contributed by atoms with Crippen molar-refractivity contribution < 1.29 is 14.7 Å². The summed E-state index contributed by atoms with van der Waals surface area (Å²) in [6.07, 6.45) is 1.46. The summed E-state index contributed by atoms with van der Waals surface area (Å²) >= 11 is 2.21. The summed E-state index contributed by atoms with van der Waals surface area (Å²) in [5.74, 6) is -0.537. The zero-order valence-electron chi connectivity index (χ0n) is 15.8. The molecule has 0 aliphatic carbocycles. The number of fused-ring (bicyclic) bond motifs is 1. The zero-order chi connectivity index (χ0) is 20.8. The van der Waals surface area contributed by atoms with Crippen molar-refractivity contribution in [1.29, 1.82) is 0 Å². The summed E-state index contributed by atoms with van der Waals surface area (Å²) in [5.41, 5.74) is 4.63. The molecule has 0 aliphatic heterocycles. The molecule has 0 saturated carbocycles. The average molecular weight is 501 g/mol. The van der Waals surface area contributed by atoms with Crippen molar-refractivity contribution in [3.05, 3.63) is 69.3 Å². The van der Waals surface area contributed by atoms with Crippen molar-refractivity contribution in [3.63, 3.8) is 0 Å². The van der Waals surface area contributed by atoms with E-state index in [1.165, 1.54) is 6.21 Å². The maximum absolute atomic E-state index is 12.1. The second-order valence-corrected chi connectivity index (χ2v) is 7.77. The fourth-order valence-corrected chi connectivity index (χ4v) is 3.50. The number of nitrogens with one attached hydrogen (secondary N) is 2. The van der Waals surface area contributed by atoms with Crippen LogP contribution in [0.2, 0.25) is 0 Å². The molecule has 7 heteroatoms. The number of phenols is 1. The molecule has 0 bridgehead atoms. The first kappa shape index (κ1) is 20.8. The van der Waals surface area contributed by atoms with Gasteiger partial charge in [-0.05, 0) is 70.1 Å². The average Bonchev–Trinajstić information content (AvgIpc) is 2.70. The number of halogens is 1. The first-order chi connectivity index (χ1) is 13.9. The van der Waals surface area contributed by atoms with Crippen LogP contribution in [0.3, 0.4) is 0 Å². The van der Waals surface area contributed by atoms with Gasteiger partial charge in [0.2, 0.25) is 11.8 Å². The molecule has 0 fully saturated rings. The smallest absolute Gasteiger partial charge is 0.240 e. The molecule has 3 aromatic carbocycles.